The number of anilines is 1. The molecule has 17 heavy (non-hydrogen) atoms. The van der Waals surface area contributed by atoms with Crippen LogP contribution in [0.15, 0.2) is 0 Å². The fourth-order valence-electron chi connectivity index (χ4n) is 2.10. The summed E-state index contributed by atoms with van der Waals surface area (Å²) in [5.41, 5.74) is 7.08. The van der Waals surface area contributed by atoms with Crippen molar-refractivity contribution in [3.05, 3.63) is 10.6 Å². The van der Waals surface area contributed by atoms with Gasteiger partial charge in [0.25, 0.3) is 0 Å². The van der Waals surface area contributed by atoms with Crippen molar-refractivity contribution in [3.63, 3.8) is 0 Å². The average molecular weight is 253 g/mol. The number of hydrogen-bond acceptors (Lipinski definition) is 4. The topological polar surface area (TPSA) is 42.2 Å². The molecule has 0 aromatic carbocycles. The highest BCUT2D eigenvalue weighted by Gasteiger charge is 2.26. The van der Waals surface area contributed by atoms with E-state index in [1.54, 1.807) is 11.3 Å². The fourth-order valence-corrected chi connectivity index (χ4v) is 3.15. The fraction of sp³-hybridized carbons (Fsp3) is 0.769. The Morgan fingerprint density at radius 2 is 2.24 bits per heavy atom. The van der Waals surface area contributed by atoms with Gasteiger partial charge in [-0.15, -0.1) is 11.3 Å². The molecule has 0 amide bonds. The number of aromatic nitrogens is 1. The van der Waals surface area contributed by atoms with Gasteiger partial charge < -0.3 is 10.6 Å². The zero-order chi connectivity index (χ0) is 12.4. The largest absolute Gasteiger partial charge is 0.348 e. The van der Waals surface area contributed by atoms with Crippen LogP contribution in [-0.4, -0.2) is 18.1 Å². The standard InChI is InChI=1S/C13H23N3S/c1-4-7-16(8-11-5-6-11)13-15-10(3)12(17-13)9(2)14/h9,11H,4-8,14H2,1-3H3. The van der Waals surface area contributed by atoms with Gasteiger partial charge >= 0.3 is 0 Å². The molecule has 0 aliphatic heterocycles. The maximum absolute atomic E-state index is 5.97. The first-order chi connectivity index (χ1) is 8.11. The molecule has 0 radical (unpaired) electrons. The minimum Gasteiger partial charge on any atom is -0.348 e. The minimum atomic E-state index is 0.102. The Balaban J connectivity index is 2.13. The molecule has 1 heterocycles. The first-order valence-corrected chi connectivity index (χ1v) is 7.41. The number of aryl methyl sites for hydroxylation is 1. The van der Waals surface area contributed by atoms with Crippen molar-refractivity contribution in [2.45, 2.75) is 46.1 Å². The highest BCUT2D eigenvalue weighted by atomic mass is 32.1. The quantitative estimate of drug-likeness (QED) is 0.847. The first kappa shape index (κ1) is 12.8. The second-order valence-corrected chi connectivity index (χ2v) is 6.13. The van der Waals surface area contributed by atoms with Crippen molar-refractivity contribution in [1.82, 2.24) is 4.98 Å². The molecule has 1 aromatic rings. The second-order valence-electron chi connectivity index (χ2n) is 5.12. The Labute approximate surface area is 108 Å². The third-order valence-electron chi connectivity index (χ3n) is 3.17. The molecular weight excluding hydrogens is 230 g/mol. The van der Waals surface area contributed by atoms with E-state index in [-0.39, 0.29) is 6.04 Å². The molecule has 1 atom stereocenters. The summed E-state index contributed by atoms with van der Waals surface area (Å²) >= 11 is 1.78. The van der Waals surface area contributed by atoms with Crippen LogP contribution in [0.5, 0.6) is 0 Å². The number of rotatable bonds is 6. The molecule has 0 saturated heterocycles. The van der Waals surface area contributed by atoms with Crippen molar-refractivity contribution in [1.29, 1.82) is 0 Å². The van der Waals surface area contributed by atoms with Crippen molar-refractivity contribution in [2.75, 3.05) is 18.0 Å². The van der Waals surface area contributed by atoms with Gasteiger partial charge in [0.2, 0.25) is 0 Å². The number of thiazole rings is 1. The Kier molecular flexibility index (Phi) is 4.05. The Morgan fingerprint density at radius 3 is 2.71 bits per heavy atom. The van der Waals surface area contributed by atoms with Crippen molar-refractivity contribution in [2.24, 2.45) is 11.7 Å². The molecule has 1 unspecified atom stereocenters. The van der Waals surface area contributed by atoms with Crippen LogP contribution in [0.2, 0.25) is 0 Å². The van der Waals surface area contributed by atoms with E-state index < -0.39 is 0 Å². The SMILES string of the molecule is CCCN(CC1CC1)c1nc(C)c(C(C)N)s1. The molecule has 1 fully saturated rings. The summed E-state index contributed by atoms with van der Waals surface area (Å²) in [6.07, 6.45) is 3.97. The molecule has 96 valence electrons. The van der Waals surface area contributed by atoms with Crippen LogP contribution in [0.25, 0.3) is 0 Å². The van der Waals surface area contributed by atoms with Crippen molar-refractivity contribution >= 4 is 16.5 Å². The van der Waals surface area contributed by atoms with E-state index in [0.29, 0.717) is 0 Å². The smallest absolute Gasteiger partial charge is 0.185 e. The van der Waals surface area contributed by atoms with Crippen LogP contribution in [0.3, 0.4) is 0 Å². The van der Waals surface area contributed by atoms with E-state index in [1.165, 1.54) is 35.8 Å². The van der Waals surface area contributed by atoms with E-state index in [2.05, 4.69) is 18.7 Å². The summed E-state index contributed by atoms with van der Waals surface area (Å²) in [4.78, 5) is 8.38. The number of nitrogens with zero attached hydrogens (tertiary/aromatic N) is 2. The lowest BCUT2D eigenvalue weighted by molar-refractivity contribution is 0.705. The predicted octanol–water partition coefficient (Wildman–Crippen LogP) is 3.10. The van der Waals surface area contributed by atoms with Crippen LogP contribution in [0, 0.1) is 12.8 Å². The molecule has 2 rings (SSSR count). The van der Waals surface area contributed by atoms with Crippen LogP contribution >= 0.6 is 11.3 Å². The van der Waals surface area contributed by atoms with Gasteiger partial charge in [0.05, 0.1) is 5.69 Å². The molecule has 2 N–H and O–H groups in total. The lowest BCUT2D eigenvalue weighted by Gasteiger charge is -2.20. The van der Waals surface area contributed by atoms with Crippen molar-refractivity contribution in [3.8, 4) is 0 Å². The van der Waals surface area contributed by atoms with Gasteiger partial charge in [0.15, 0.2) is 5.13 Å². The maximum atomic E-state index is 5.97. The number of nitrogens with two attached hydrogens (primary N) is 1. The maximum Gasteiger partial charge on any atom is 0.185 e. The van der Waals surface area contributed by atoms with E-state index in [4.69, 9.17) is 10.7 Å². The summed E-state index contributed by atoms with van der Waals surface area (Å²) in [6.45, 7) is 8.63. The average Bonchev–Trinajstić information content (AvgIpc) is 2.99. The Morgan fingerprint density at radius 1 is 1.53 bits per heavy atom. The highest BCUT2D eigenvalue weighted by molar-refractivity contribution is 7.15. The third-order valence-corrected chi connectivity index (χ3v) is 4.59. The molecule has 1 aliphatic carbocycles. The molecule has 4 heteroatoms. The van der Waals surface area contributed by atoms with Gasteiger partial charge in [0.1, 0.15) is 0 Å². The Bertz CT molecular complexity index is 369. The minimum absolute atomic E-state index is 0.102. The van der Waals surface area contributed by atoms with Gasteiger partial charge in [0, 0.05) is 24.0 Å². The first-order valence-electron chi connectivity index (χ1n) is 6.59. The van der Waals surface area contributed by atoms with Crippen LogP contribution in [0.1, 0.15) is 49.7 Å². The van der Waals surface area contributed by atoms with Gasteiger partial charge in [-0.25, -0.2) is 4.98 Å². The van der Waals surface area contributed by atoms with Crippen LogP contribution < -0.4 is 10.6 Å². The summed E-state index contributed by atoms with van der Waals surface area (Å²) in [5, 5.41) is 1.17. The Hall–Kier alpha value is -0.610. The molecular formula is C13H23N3S. The van der Waals surface area contributed by atoms with E-state index in [1.807, 2.05) is 6.92 Å². The molecule has 3 nitrogen and oxygen atoms in total. The lowest BCUT2D eigenvalue weighted by Crippen LogP contribution is -2.26. The molecule has 1 aliphatic rings. The molecule has 1 saturated carbocycles. The lowest BCUT2D eigenvalue weighted by atomic mass is 10.2. The monoisotopic (exact) mass is 253 g/mol. The van der Waals surface area contributed by atoms with Crippen LogP contribution in [0.4, 0.5) is 5.13 Å². The molecule has 1 aromatic heterocycles. The highest BCUT2D eigenvalue weighted by Crippen LogP contribution is 2.34. The van der Waals surface area contributed by atoms with Crippen molar-refractivity contribution < 1.29 is 0 Å². The zero-order valence-corrected chi connectivity index (χ0v) is 11.9. The van der Waals surface area contributed by atoms with Gasteiger partial charge in [-0.2, -0.15) is 0 Å². The normalized spacial score (nSPS) is 17.2. The summed E-state index contributed by atoms with van der Waals surface area (Å²) in [6, 6.07) is 0.102. The molecule has 0 bridgehead atoms. The van der Waals surface area contributed by atoms with E-state index in [0.717, 1.165) is 18.2 Å². The summed E-state index contributed by atoms with van der Waals surface area (Å²) in [5.74, 6) is 0.907. The van der Waals surface area contributed by atoms with Gasteiger partial charge in [-0.3, -0.25) is 0 Å². The predicted molar refractivity (Wildman–Crippen MR) is 74.7 cm³/mol. The zero-order valence-electron chi connectivity index (χ0n) is 11.1. The third kappa shape index (κ3) is 3.19. The van der Waals surface area contributed by atoms with E-state index in [9.17, 15) is 0 Å². The van der Waals surface area contributed by atoms with Gasteiger partial charge in [-0.05, 0) is 39.0 Å². The number of hydrogen-bond donors (Lipinski definition) is 1. The second kappa shape index (κ2) is 5.36. The molecule has 0 spiro atoms. The summed E-state index contributed by atoms with van der Waals surface area (Å²) < 4.78 is 0. The van der Waals surface area contributed by atoms with Crippen LogP contribution in [-0.2, 0) is 0 Å². The van der Waals surface area contributed by atoms with Gasteiger partial charge in [-0.1, -0.05) is 6.92 Å². The summed E-state index contributed by atoms with van der Waals surface area (Å²) in [7, 11) is 0. The van der Waals surface area contributed by atoms with E-state index >= 15 is 0 Å².